The highest BCUT2D eigenvalue weighted by Crippen LogP contribution is 2.14. The smallest absolute Gasteiger partial charge is 0.254 e. The molecule has 1 aromatic carbocycles. The molecule has 0 atom stereocenters. The van der Waals surface area contributed by atoms with Gasteiger partial charge in [-0.2, -0.15) is 5.26 Å². The number of hydrogen-bond donors (Lipinski definition) is 2. The first-order valence-electron chi connectivity index (χ1n) is 6.59. The Morgan fingerprint density at radius 1 is 1.36 bits per heavy atom. The first-order chi connectivity index (χ1) is 10.7. The molecule has 0 spiro atoms. The topological polar surface area (TPSA) is 99.9 Å². The Morgan fingerprint density at radius 2 is 2.14 bits per heavy atom. The van der Waals surface area contributed by atoms with Gasteiger partial charge in [-0.25, -0.2) is 9.97 Å². The van der Waals surface area contributed by atoms with E-state index < -0.39 is 0 Å². The zero-order chi connectivity index (χ0) is 15.8. The lowest BCUT2D eigenvalue weighted by molar-refractivity contribution is 0.0936. The van der Waals surface area contributed by atoms with Crippen LogP contribution in [0, 0.1) is 11.3 Å². The minimum Gasteiger partial charge on any atom is -0.383 e. The van der Waals surface area contributed by atoms with E-state index in [1.807, 2.05) is 0 Å². The summed E-state index contributed by atoms with van der Waals surface area (Å²) in [6.45, 7) is 0.873. The summed E-state index contributed by atoms with van der Waals surface area (Å²) in [5, 5.41) is 14.5. The summed E-state index contributed by atoms with van der Waals surface area (Å²) in [5.74, 6) is 0.0959. The van der Waals surface area contributed by atoms with E-state index in [2.05, 4.69) is 26.7 Å². The van der Waals surface area contributed by atoms with E-state index in [1.54, 1.807) is 31.4 Å². The van der Waals surface area contributed by atoms with Crippen LogP contribution in [-0.2, 0) is 4.74 Å². The Labute approximate surface area is 128 Å². The van der Waals surface area contributed by atoms with E-state index in [0.29, 0.717) is 35.9 Å². The predicted molar refractivity (Wildman–Crippen MR) is 80.7 cm³/mol. The largest absolute Gasteiger partial charge is 0.383 e. The van der Waals surface area contributed by atoms with Crippen molar-refractivity contribution < 1.29 is 9.53 Å². The fourth-order valence-corrected chi connectivity index (χ4v) is 1.67. The number of carbonyl (C=O) groups is 1. The molecular formula is C15H15N5O2. The maximum absolute atomic E-state index is 11.8. The lowest BCUT2D eigenvalue weighted by Crippen LogP contribution is -2.27. The molecule has 0 aliphatic heterocycles. The number of anilines is 2. The molecular weight excluding hydrogens is 282 g/mol. The number of amides is 1. The van der Waals surface area contributed by atoms with Crippen molar-refractivity contribution in [3.05, 3.63) is 47.8 Å². The number of hydrogen-bond acceptors (Lipinski definition) is 6. The van der Waals surface area contributed by atoms with Gasteiger partial charge in [0.15, 0.2) is 0 Å². The zero-order valence-electron chi connectivity index (χ0n) is 12.0. The van der Waals surface area contributed by atoms with Crippen LogP contribution in [0.2, 0.25) is 0 Å². The van der Waals surface area contributed by atoms with E-state index in [-0.39, 0.29) is 5.91 Å². The maximum atomic E-state index is 11.8. The number of rotatable bonds is 6. The molecule has 0 aliphatic carbocycles. The molecule has 0 aliphatic rings. The Kier molecular flexibility index (Phi) is 5.40. The molecule has 0 radical (unpaired) electrons. The second-order valence-electron chi connectivity index (χ2n) is 4.36. The number of ether oxygens (including phenoxy) is 1. The summed E-state index contributed by atoms with van der Waals surface area (Å²) in [6, 6.07) is 9.02. The Balaban J connectivity index is 1.99. The Morgan fingerprint density at radius 3 is 2.82 bits per heavy atom. The average molecular weight is 297 g/mol. The number of nitrogens with zero attached hydrogens (tertiary/aromatic N) is 3. The molecule has 2 rings (SSSR count). The van der Waals surface area contributed by atoms with E-state index in [1.165, 1.54) is 12.4 Å². The summed E-state index contributed by atoms with van der Waals surface area (Å²) >= 11 is 0. The number of nitrogens with one attached hydrogen (secondary N) is 2. The fraction of sp³-hybridized carbons (Fsp3) is 0.200. The standard InChI is InChI=1S/C15H15N5O2/c1-22-6-5-17-14(21)12-9-18-15(19-10-12)20-13-4-2-3-11(7-13)8-16/h2-4,7,9-10H,5-6H2,1H3,(H,17,21)(H,18,19,20). The minimum atomic E-state index is -0.255. The average Bonchev–Trinajstić information content (AvgIpc) is 2.56. The van der Waals surface area contributed by atoms with Gasteiger partial charge in [-0.1, -0.05) is 6.07 Å². The van der Waals surface area contributed by atoms with Crippen LogP contribution in [-0.4, -0.2) is 36.1 Å². The van der Waals surface area contributed by atoms with Crippen molar-refractivity contribution in [1.82, 2.24) is 15.3 Å². The lowest BCUT2D eigenvalue weighted by Gasteiger charge is -2.06. The van der Waals surface area contributed by atoms with Gasteiger partial charge in [-0.3, -0.25) is 4.79 Å². The lowest BCUT2D eigenvalue weighted by atomic mass is 10.2. The van der Waals surface area contributed by atoms with Crippen LogP contribution >= 0.6 is 0 Å². The normalized spacial score (nSPS) is 9.82. The van der Waals surface area contributed by atoms with Gasteiger partial charge in [-0.15, -0.1) is 0 Å². The van der Waals surface area contributed by atoms with Gasteiger partial charge < -0.3 is 15.4 Å². The van der Waals surface area contributed by atoms with Crippen LogP contribution < -0.4 is 10.6 Å². The van der Waals surface area contributed by atoms with Crippen molar-refractivity contribution in [2.24, 2.45) is 0 Å². The molecule has 7 nitrogen and oxygen atoms in total. The Hall–Kier alpha value is -2.98. The summed E-state index contributed by atoms with van der Waals surface area (Å²) in [7, 11) is 1.57. The molecule has 1 amide bonds. The van der Waals surface area contributed by atoms with Crippen LogP contribution in [0.4, 0.5) is 11.6 Å². The van der Waals surface area contributed by atoms with Gasteiger partial charge in [0.05, 0.1) is 23.8 Å². The van der Waals surface area contributed by atoms with Gasteiger partial charge in [0, 0.05) is 31.7 Å². The second-order valence-corrected chi connectivity index (χ2v) is 4.36. The molecule has 0 unspecified atom stereocenters. The number of carbonyl (C=O) groups excluding carboxylic acids is 1. The van der Waals surface area contributed by atoms with Gasteiger partial charge >= 0.3 is 0 Å². The molecule has 2 N–H and O–H groups in total. The van der Waals surface area contributed by atoms with E-state index >= 15 is 0 Å². The summed E-state index contributed by atoms with van der Waals surface area (Å²) < 4.78 is 4.85. The predicted octanol–water partition coefficient (Wildman–Crippen LogP) is 1.47. The van der Waals surface area contributed by atoms with E-state index in [4.69, 9.17) is 10.00 Å². The molecule has 112 valence electrons. The van der Waals surface area contributed by atoms with Crippen LogP contribution in [0.15, 0.2) is 36.7 Å². The molecule has 22 heavy (non-hydrogen) atoms. The highest BCUT2D eigenvalue weighted by Gasteiger charge is 2.06. The number of aromatic nitrogens is 2. The summed E-state index contributed by atoms with van der Waals surface area (Å²) in [4.78, 5) is 19.9. The van der Waals surface area contributed by atoms with Gasteiger partial charge in [0.1, 0.15) is 0 Å². The van der Waals surface area contributed by atoms with Crippen molar-refractivity contribution in [3.63, 3.8) is 0 Å². The molecule has 1 heterocycles. The van der Waals surface area contributed by atoms with Crippen LogP contribution in [0.25, 0.3) is 0 Å². The van der Waals surface area contributed by atoms with Crippen molar-refractivity contribution >= 4 is 17.5 Å². The third kappa shape index (κ3) is 4.26. The van der Waals surface area contributed by atoms with E-state index in [9.17, 15) is 4.79 Å². The summed E-state index contributed by atoms with van der Waals surface area (Å²) in [5.41, 5.74) is 1.61. The number of nitriles is 1. The van der Waals surface area contributed by atoms with Crippen molar-refractivity contribution in [2.75, 3.05) is 25.6 Å². The minimum absolute atomic E-state index is 0.255. The molecule has 0 fully saturated rings. The fourth-order valence-electron chi connectivity index (χ4n) is 1.67. The van der Waals surface area contributed by atoms with E-state index in [0.717, 1.165) is 0 Å². The van der Waals surface area contributed by atoms with Crippen LogP contribution in [0.3, 0.4) is 0 Å². The molecule has 2 aromatic rings. The quantitative estimate of drug-likeness (QED) is 0.783. The maximum Gasteiger partial charge on any atom is 0.254 e. The van der Waals surface area contributed by atoms with Crippen LogP contribution in [0.5, 0.6) is 0 Å². The third-order valence-corrected chi connectivity index (χ3v) is 2.75. The Bertz CT molecular complexity index is 679. The monoisotopic (exact) mass is 297 g/mol. The number of methoxy groups -OCH3 is 1. The van der Waals surface area contributed by atoms with Gasteiger partial charge in [-0.05, 0) is 18.2 Å². The molecule has 0 saturated carbocycles. The van der Waals surface area contributed by atoms with Crippen LogP contribution in [0.1, 0.15) is 15.9 Å². The molecule has 1 aromatic heterocycles. The SMILES string of the molecule is COCCNC(=O)c1cnc(Nc2cccc(C#N)c2)nc1. The highest BCUT2D eigenvalue weighted by molar-refractivity contribution is 5.93. The second kappa shape index (κ2) is 7.71. The zero-order valence-corrected chi connectivity index (χ0v) is 12.0. The van der Waals surface area contributed by atoms with Crippen molar-refractivity contribution in [2.45, 2.75) is 0 Å². The van der Waals surface area contributed by atoms with Gasteiger partial charge in [0.25, 0.3) is 5.91 Å². The first-order valence-corrected chi connectivity index (χ1v) is 6.59. The number of benzene rings is 1. The van der Waals surface area contributed by atoms with Crippen molar-refractivity contribution in [3.8, 4) is 6.07 Å². The highest BCUT2D eigenvalue weighted by atomic mass is 16.5. The third-order valence-electron chi connectivity index (χ3n) is 2.75. The van der Waals surface area contributed by atoms with Gasteiger partial charge in [0.2, 0.25) is 5.95 Å². The molecule has 7 heteroatoms. The molecule has 0 saturated heterocycles. The van der Waals surface area contributed by atoms with Crippen molar-refractivity contribution in [1.29, 1.82) is 5.26 Å². The molecule has 0 bridgehead atoms. The first kappa shape index (κ1) is 15.4. The summed E-state index contributed by atoms with van der Waals surface area (Å²) in [6.07, 6.45) is 2.87.